The molecule has 0 aliphatic carbocycles. The number of carbonyl (C=O) groups is 1. The number of rotatable bonds is 8. The molecule has 0 aliphatic rings. The maximum Gasteiger partial charge on any atom is 0.162 e. The highest BCUT2D eigenvalue weighted by atomic mass is 16.1. The van der Waals surface area contributed by atoms with Crippen molar-refractivity contribution in [1.82, 2.24) is 0 Å². The maximum absolute atomic E-state index is 12.0. The van der Waals surface area contributed by atoms with Crippen molar-refractivity contribution in [2.45, 2.75) is 48.0 Å². The second kappa shape index (κ2) is 11.1. The second-order valence-corrected chi connectivity index (χ2v) is 7.43. The van der Waals surface area contributed by atoms with Gasteiger partial charge in [-0.3, -0.25) is 9.79 Å². The van der Waals surface area contributed by atoms with E-state index in [4.69, 9.17) is 0 Å². The van der Waals surface area contributed by atoms with Crippen LogP contribution in [0.25, 0.3) is 5.57 Å². The monoisotopic (exact) mass is 400 g/mol. The Bertz CT molecular complexity index is 1010. The quantitative estimate of drug-likeness (QED) is 0.287. The lowest BCUT2D eigenvalue weighted by atomic mass is 10.0. The van der Waals surface area contributed by atoms with Gasteiger partial charge in [-0.05, 0) is 75.6 Å². The molecule has 2 rings (SSSR count). The molecule has 2 aromatic rings. The summed E-state index contributed by atoms with van der Waals surface area (Å²) in [5.41, 5.74) is 8.00. The number of nitrogens with one attached hydrogen (secondary N) is 1. The van der Waals surface area contributed by atoms with Crippen molar-refractivity contribution in [3.63, 3.8) is 0 Å². The van der Waals surface area contributed by atoms with Gasteiger partial charge < -0.3 is 5.32 Å². The summed E-state index contributed by atoms with van der Waals surface area (Å²) < 4.78 is 0. The minimum Gasteiger partial charge on any atom is -0.354 e. The lowest BCUT2D eigenvalue weighted by Gasteiger charge is -2.13. The minimum absolute atomic E-state index is 0.165. The summed E-state index contributed by atoms with van der Waals surface area (Å²) in [6, 6.07) is 14.3. The van der Waals surface area contributed by atoms with Gasteiger partial charge in [0.15, 0.2) is 5.78 Å². The second-order valence-electron chi connectivity index (χ2n) is 7.43. The van der Waals surface area contributed by atoms with Crippen LogP contribution in [0.1, 0.15) is 61.2 Å². The highest BCUT2D eigenvalue weighted by Gasteiger charge is 2.08. The van der Waals surface area contributed by atoms with Gasteiger partial charge in [0.2, 0.25) is 0 Å². The molecule has 0 saturated heterocycles. The number of hydrogen-bond donors (Lipinski definition) is 1. The van der Waals surface area contributed by atoms with E-state index in [1.165, 1.54) is 5.56 Å². The van der Waals surface area contributed by atoms with E-state index >= 15 is 0 Å². The molecule has 0 unspecified atom stereocenters. The lowest BCUT2D eigenvalue weighted by Crippen LogP contribution is -2.09. The normalized spacial score (nSPS) is 13.1. The van der Waals surface area contributed by atoms with Crippen LogP contribution < -0.4 is 5.32 Å². The zero-order chi connectivity index (χ0) is 22.1. The molecule has 0 heterocycles. The van der Waals surface area contributed by atoms with Gasteiger partial charge in [-0.25, -0.2) is 0 Å². The molecular weight excluding hydrogens is 368 g/mol. The third-order valence-electron chi connectivity index (χ3n) is 4.93. The Balaban J connectivity index is 2.28. The third kappa shape index (κ3) is 6.41. The van der Waals surface area contributed by atoms with E-state index in [2.05, 4.69) is 48.4 Å². The molecule has 0 fully saturated rings. The van der Waals surface area contributed by atoms with Gasteiger partial charge in [0.25, 0.3) is 0 Å². The first-order valence-corrected chi connectivity index (χ1v) is 10.4. The molecular formula is C27H32N2O. The molecule has 0 radical (unpaired) electrons. The zero-order valence-corrected chi connectivity index (χ0v) is 18.9. The molecule has 2 aromatic carbocycles. The Labute approximate surface area is 181 Å². The molecule has 1 N–H and O–H groups in total. The minimum atomic E-state index is 0.165. The van der Waals surface area contributed by atoms with Crippen LogP contribution in [-0.4, -0.2) is 11.5 Å². The van der Waals surface area contributed by atoms with E-state index in [-0.39, 0.29) is 5.78 Å². The predicted octanol–water partition coefficient (Wildman–Crippen LogP) is 7.29. The van der Waals surface area contributed by atoms with Crippen molar-refractivity contribution in [3.05, 3.63) is 94.8 Å². The van der Waals surface area contributed by atoms with E-state index in [1.807, 2.05) is 70.3 Å². The first-order chi connectivity index (χ1) is 14.3. The van der Waals surface area contributed by atoms with Crippen LogP contribution in [0.15, 0.2) is 77.6 Å². The van der Waals surface area contributed by atoms with Gasteiger partial charge in [-0.1, -0.05) is 48.9 Å². The van der Waals surface area contributed by atoms with Gasteiger partial charge in [-0.15, -0.1) is 0 Å². The number of anilines is 1. The van der Waals surface area contributed by atoms with Crippen molar-refractivity contribution < 1.29 is 4.79 Å². The zero-order valence-electron chi connectivity index (χ0n) is 18.9. The fraction of sp³-hybridized carbons (Fsp3) is 0.259. The molecule has 30 heavy (non-hydrogen) atoms. The number of allylic oxidation sites excluding steroid dienone is 5. The summed E-state index contributed by atoms with van der Waals surface area (Å²) in [7, 11) is 0. The fourth-order valence-electron chi connectivity index (χ4n) is 3.00. The van der Waals surface area contributed by atoms with Crippen LogP contribution in [0.2, 0.25) is 0 Å². The predicted molar refractivity (Wildman–Crippen MR) is 130 cm³/mol. The fourth-order valence-corrected chi connectivity index (χ4v) is 3.00. The molecule has 3 heteroatoms. The largest absolute Gasteiger partial charge is 0.354 e. The molecule has 0 atom stereocenters. The van der Waals surface area contributed by atoms with E-state index < -0.39 is 0 Å². The Morgan fingerprint density at radius 2 is 1.77 bits per heavy atom. The molecule has 0 aromatic heterocycles. The average molecular weight is 401 g/mol. The number of hydrogen-bond acceptors (Lipinski definition) is 3. The van der Waals surface area contributed by atoms with Crippen molar-refractivity contribution >= 4 is 22.8 Å². The van der Waals surface area contributed by atoms with E-state index in [9.17, 15) is 4.79 Å². The Hall–Kier alpha value is -3.20. The number of carbonyl (C=O) groups excluding carboxylic acids is 1. The number of benzene rings is 2. The summed E-state index contributed by atoms with van der Waals surface area (Å²) in [4.78, 5) is 16.7. The molecule has 0 spiro atoms. The van der Waals surface area contributed by atoms with Crippen LogP contribution in [0.4, 0.5) is 5.69 Å². The molecule has 0 bridgehead atoms. The average Bonchev–Trinajstić information content (AvgIpc) is 2.74. The SMILES string of the molecule is C\C=C/C=C(Nc1ccc(C(=O)CC)c(C)c1)\C(C)=N\C=C(/C)c1ccc(C)cc1. The molecule has 156 valence electrons. The summed E-state index contributed by atoms with van der Waals surface area (Å²) in [5.74, 6) is 0.165. The van der Waals surface area contributed by atoms with Crippen LogP contribution in [0.5, 0.6) is 0 Å². The van der Waals surface area contributed by atoms with Gasteiger partial charge in [0.1, 0.15) is 0 Å². The number of Topliss-reactive ketones (excluding diaryl/α,β-unsaturated/α-hetero) is 1. The van der Waals surface area contributed by atoms with Crippen LogP contribution in [-0.2, 0) is 0 Å². The van der Waals surface area contributed by atoms with Crippen molar-refractivity contribution in [1.29, 1.82) is 0 Å². The number of aliphatic imine (C=N–C) groups is 1. The van der Waals surface area contributed by atoms with Gasteiger partial charge in [0, 0.05) is 23.9 Å². The van der Waals surface area contributed by atoms with E-state index in [0.29, 0.717) is 6.42 Å². The maximum atomic E-state index is 12.0. The van der Waals surface area contributed by atoms with Gasteiger partial charge >= 0.3 is 0 Å². The lowest BCUT2D eigenvalue weighted by molar-refractivity contribution is 0.0987. The molecule has 0 amide bonds. The topological polar surface area (TPSA) is 41.5 Å². The molecule has 0 saturated carbocycles. The number of nitrogens with zero attached hydrogens (tertiary/aromatic N) is 1. The smallest absolute Gasteiger partial charge is 0.162 e. The Kier molecular flexibility index (Phi) is 8.54. The number of ketones is 1. The van der Waals surface area contributed by atoms with Crippen molar-refractivity contribution in [2.24, 2.45) is 4.99 Å². The van der Waals surface area contributed by atoms with Crippen molar-refractivity contribution in [3.8, 4) is 0 Å². The van der Waals surface area contributed by atoms with E-state index in [0.717, 1.165) is 39.4 Å². The molecule has 0 aliphatic heterocycles. The van der Waals surface area contributed by atoms with Crippen LogP contribution in [0, 0.1) is 13.8 Å². The first-order valence-electron chi connectivity index (χ1n) is 10.4. The standard InChI is InChI=1S/C27H32N2O/c1-7-9-10-26(29-24-15-16-25(20(4)17-24)27(30)8-2)22(6)28-18-21(5)23-13-11-19(3)12-14-23/h7,9-18,29H,8H2,1-6H3/b9-7-,21-18+,26-10+,28-22+. The summed E-state index contributed by atoms with van der Waals surface area (Å²) in [5, 5.41) is 3.45. The van der Waals surface area contributed by atoms with E-state index in [1.54, 1.807) is 0 Å². The van der Waals surface area contributed by atoms with Gasteiger partial charge in [-0.2, -0.15) is 0 Å². The van der Waals surface area contributed by atoms with Crippen LogP contribution in [0.3, 0.4) is 0 Å². The first kappa shape index (κ1) is 23.1. The Morgan fingerprint density at radius 1 is 1.07 bits per heavy atom. The van der Waals surface area contributed by atoms with Crippen molar-refractivity contribution in [2.75, 3.05) is 5.32 Å². The van der Waals surface area contributed by atoms with Crippen LogP contribution >= 0.6 is 0 Å². The highest BCUT2D eigenvalue weighted by Crippen LogP contribution is 2.19. The Morgan fingerprint density at radius 3 is 2.37 bits per heavy atom. The third-order valence-corrected chi connectivity index (χ3v) is 4.93. The number of aryl methyl sites for hydroxylation is 2. The highest BCUT2D eigenvalue weighted by molar-refractivity contribution is 6.02. The van der Waals surface area contributed by atoms with Gasteiger partial charge in [0.05, 0.1) is 11.4 Å². The summed E-state index contributed by atoms with van der Waals surface area (Å²) in [6.07, 6.45) is 8.39. The summed E-state index contributed by atoms with van der Waals surface area (Å²) in [6.45, 7) is 12.0. The molecule has 3 nitrogen and oxygen atoms in total. The summed E-state index contributed by atoms with van der Waals surface area (Å²) >= 11 is 0.